The molecule has 0 radical (unpaired) electrons. The van der Waals surface area contributed by atoms with Crippen LogP contribution >= 0.6 is 0 Å². The largest absolute Gasteiger partial charge is 0.384 e. The molecule has 0 bridgehead atoms. The van der Waals surface area contributed by atoms with Crippen LogP contribution in [0, 0.1) is 13.8 Å². The van der Waals surface area contributed by atoms with Gasteiger partial charge in [0, 0.05) is 23.4 Å². The molecule has 0 unspecified atom stereocenters. The minimum atomic E-state index is -0.0714. The topological polar surface area (TPSA) is 41.1 Å². The molecular weight excluding hydrogens is 272 g/mol. The summed E-state index contributed by atoms with van der Waals surface area (Å²) in [7, 11) is 0. The van der Waals surface area contributed by atoms with Crippen LogP contribution < -0.4 is 10.6 Å². The Kier molecular flexibility index (Phi) is 3.96. The number of nitrogens with one attached hydrogen (secondary N) is 2. The first-order chi connectivity index (χ1) is 10.6. The Balaban J connectivity index is 1.88. The minimum absolute atomic E-state index is 0.0714. The highest BCUT2D eigenvalue weighted by Crippen LogP contribution is 2.25. The van der Waals surface area contributed by atoms with E-state index in [1.54, 1.807) is 0 Å². The van der Waals surface area contributed by atoms with Crippen molar-refractivity contribution in [2.75, 3.05) is 11.9 Å². The highest BCUT2D eigenvalue weighted by molar-refractivity contribution is 6.05. The molecule has 3 rings (SSSR count). The fourth-order valence-electron chi connectivity index (χ4n) is 2.83. The monoisotopic (exact) mass is 292 g/mol. The summed E-state index contributed by atoms with van der Waals surface area (Å²) in [6.07, 6.45) is 3.19. The zero-order chi connectivity index (χ0) is 15.5. The lowest BCUT2D eigenvalue weighted by atomic mass is 10.1. The second-order valence-corrected chi connectivity index (χ2v) is 5.71. The number of rotatable bonds is 3. The number of amides is 1. The van der Waals surface area contributed by atoms with Crippen LogP contribution in [0.4, 0.5) is 5.69 Å². The third-order valence-corrected chi connectivity index (χ3v) is 3.76. The second kappa shape index (κ2) is 6.06. The predicted octanol–water partition coefficient (Wildman–Crippen LogP) is 3.89. The van der Waals surface area contributed by atoms with Crippen LogP contribution in [0.5, 0.6) is 0 Å². The molecule has 22 heavy (non-hydrogen) atoms. The molecule has 1 aliphatic rings. The molecule has 0 aliphatic carbocycles. The first-order valence-corrected chi connectivity index (χ1v) is 7.56. The van der Waals surface area contributed by atoms with Crippen molar-refractivity contribution in [2.45, 2.75) is 20.3 Å². The average Bonchev–Trinajstić information content (AvgIpc) is 3.01. The van der Waals surface area contributed by atoms with Gasteiger partial charge in [0.25, 0.3) is 5.91 Å². The van der Waals surface area contributed by atoms with Crippen molar-refractivity contribution in [3.05, 3.63) is 70.8 Å². The molecule has 0 spiro atoms. The van der Waals surface area contributed by atoms with Crippen molar-refractivity contribution in [1.82, 2.24) is 5.32 Å². The van der Waals surface area contributed by atoms with E-state index in [1.165, 1.54) is 0 Å². The molecule has 0 fully saturated rings. The minimum Gasteiger partial charge on any atom is -0.384 e. The highest BCUT2D eigenvalue weighted by Gasteiger charge is 2.13. The molecule has 3 heteroatoms. The van der Waals surface area contributed by atoms with E-state index < -0.39 is 0 Å². The molecule has 112 valence electrons. The first-order valence-electron chi connectivity index (χ1n) is 7.56. The predicted molar refractivity (Wildman–Crippen MR) is 90.9 cm³/mol. The lowest BCUT2D eigenvalue weighted by Crippen LogP contribution is -2.15. The van der Waals surface area contributed by atoms with E-state index in [0.29, 0.717) is 5.56 Å². The molecule has 2 aromatic carbocycles. The fourth-order valence-corrected chi connectivity index (χ4v) is 2.83. The van der Waals surface area contributed by atoms with Gasteiger partial charge in [-0.3, -0.25) is 4.79 Å². The van der Waals surface area contributed by atoms with Gasteiger partial charge in [0.2, 0.25) is 0 Å². The van der Waals surface area contributed by atoms with Crippen LogP contribution in [0.3, 0.4) is 0 Å². The van der Waals surface area contributed by atoms with Gasteiger partial charge in [-0.05, 0) is 38.5 Å². The van der Waals surface area contributed by atoms with Crippen molar-refractivity contribution in [3.8, 4) is 0 Å². The molecule has 2 N–H and O–H groups in total. The second-order valence-electron chi connectivity index (χ2n) is 5.71. The maximum atomic E-state index is 12.5. The van der Waals surface area contributed by atoms with Crippen molar-refractivity contribution in [2.24, 2.45) is 0 Å². The average molecular weight is 292 g/mol. The van der Waals surface area contributed by atoms with Crippen LogP contribution in [0.15, 0.2) is 48.5 Å². The summed E-state index contributed by atoms with van der Waals surface area (Å²) in [5.74, 6) is -0.0714. The van der Waals surface area contributed by atoms with E-state index in [9.17, 15) is 4.79 Å². The van der Waals surface area contributed by atoms with Gasteiger partial charge in [-0.25, -0.2) is 0 Å². The maximum Gasteiger partial charge on any atom is 0.255 e. The van der Waals surface area contributed by atoms with E-state index in [0.717, 1.165) is 41.0 Å². The van der Waals surface area contributed by atoms with E-state index in [4.69, 9.17) is 0 Å². The molecule has 0 saturated heterocycles. The molecule has 0 atom stereocenters. The number of carbonyl (C=O) groups is 1. The number of aryl methyl sites for hydroxylation is 2. The number of anilines is 1. The van der Waals surface area contributed by atoms with Crippen molar-refractivity contribution < 1.29 is 4.79 Å². The van der Waals surface area contributed by atoms with Gasteiger partial charge in [0.1, 0.15) is 0 Å². The number of hydrogen-bond donors (Lipinski definition) is 2. The van der Waals surface area contributed by atoms with E-state index in [2.05, 4.69) is 22.8 Å². The smallest absolute Gasteiger partial charge is 0.255 e. The standard InChI is InChI=1S/C19H20N2O/c1-13-10-14(2)12-15(11-13)19(22)21-18-7-4-3-6-16(18)17-8-5-9-20-17/h3-4,6-8,10-12,20H,5,9H2,1-2H3,(H,21,22). The van der Waals surface area contributed by atoms with Crippen molar-refractivity contribution >= 4 is 17.3 Å². The van der Waals surface area contributed by atoms with Crippen molar-refractivity contribution in [3.63, 3.8) is 0 Å². The van der Waals surface area contributed by atoms with Gasteiger partial charge >= 0.3 is 0 Å². The highest BCUT2D eigenvalue weighted by atomic mass is 16.1. The van der Waals surface area contributed by atoms with Crippen LogP contribution in [0.1, 0.15) is 33.5 Å². The Morgan fingerprint density at radius 1 is 1.09 bits per heavy atom. The van der Waals surface area contributed by atoms with Crippen LogP contribution in [0.25, 0.3) is 5.70 Å². The number of para-hydroxylation sites is 1. The summed E-state index contributed by atoms with van der Waals surface area (Å²) < 4.78 is 0. The molecular formula is C19H20N2O. The van der Waals surface area contributed by atoms with E-state index in [-0.39, 0.29) is 5.91 Å². The van der Waals surface area contributed by atoms with Crippen molar-refractivity contribution in [1.29, 1.82) is 0 Å². The maximum absolute atomic E-state index is 12.5. The third-order valence-electron chi connectivity index (χ3n) is 3.76. The fraction of sp³-hybridized carbons (Fsp3) is 0.211. The van der Waals surface area contributed by atoms with Gasteiger partial charge < -0.3 is 10.6 Å². The number of carbonyl (C=O) groups excluding carboxylic acids is 1. The number of hydrogen-bond acceptors (Lipinski definition) is 2. The quantitative estimate of drug-likeness (QED) is 0.901. The van der Waals surface area contributed by atoms with Gasteiger partial charge in [0.05, 0.1) is 5.69 Å². The summed E-state index contributed by atoms with van der Waals surface area (Å²) in [4.78, 5) is 12.5. The lowest BCUT2D eigenvalue weighted by Gasteiger charge is -2.13. The van der Waals surface area contributed by atoms with Gasteiger partial charge in [-0.1, -0.05) is 41.5 Å². The van der Waals surface area contributed by atoms with Gasteiger partial charge in [-0.2, -0.15) is 0 Å². The van der Waals surface area contributed by atoms with Crippen LogP contribution in [-0.4, -0.2) is 12.5 Å². The number of benzene rings is 2. The van der Waals surface area contributed by atoms with Crippen LogP contribution in [0.2, 0.25) is 0 Å². The van der Waals surface area contributed by atoms with E-state index in [1.807, 2.05) is 50.2 Å². The Bertz CT molecular complexity index is 727. The molecule has 0 saturated carbocycles. The summed E-state index contributed by atoms with van der Waals surface area (Å²) in [6.45, 7) is 4.96. The Labute approximate surface area is 131 Å². The Morgan fingerprint density at radius 2 is 1.82 bits per heavy atom. The summed E-state index contributed by atoms with van der Waals surface area (Å²) in [5.41, 5.74) is 5.86. The molecule has 1 heterocycles. The third kappa shape index (κ3) is 3.03. The molecule has 0 aromatic heterocycles. The molecule has 1 aliphatic heterocycles. The first kappa shape index (κ1) is 14.4. The van der Waals surface area contributed by atoms with Gasteiger partial charge in [0.15, 0.2) is 0 Å². The van der Waals surface area contributed by atoms with Gasteiger partial charge in [-0.15, -0.1) is 0 Å². The van der Waals surface area contributed by atoms with E-state index >= 15 is 0 Å². The molecule has 3 nitrogen and oxygen atoms in total. The summed E-state index contributed by atoms with van der Waals surface area (Å²) in [5, 5.41) is 6.39. The lowest BCUT2D eigenvalue weighted by molar-refractivity contribution is 0.102. The zero-order valence-corrected chi connectivity index (χ0v) is 12.9. The summed E-state index contributed by atoms with van der Waals surface area (Å²) in [6, 6.07) is 13.8. The van der Waals surface area contributed by atoms with Crippen LogP contribution in [-0.2, 0) is 0 Å². The molecule has 1 amide bonds. The zero-order valence-electron chi connectivity index (χ0n) is 12.9. The Hall–Kier alpha value is -2.55. The normalized spacial score (nSPS) is 13.5. The Morgan fingerprint density at radius 3 is 2.50 bits per heavy atom. The summed E-state index contributed by atoms with van der Waals surface area (Å²) >= 11 is 0. The molecule has 2 aromatic rings. The SMILES string of the molecule is Cc1cc(C)cc(C(=O)Nc2ccccc2C2=CCCN2)c1.